The molecule has 0 aliphatic carbocycles. The van der Waals surface area contributed by atoms with Gasteiger partial charge < -0.3 is 24.9 Å². The first-order valence-corrected chi connectivity index (χ1v) is 11.5. The van der Waals surface area contributed by atoms with E-state index in [4.69, 9.17) is 26.6 Å². The summed E-state index contributed by atoms with van der Waals surface area (Å²) < 4.78 is 5.60. The quantitative estimate of drug-likeness (QED) is 0.690. The van der Waals surface area contributed by atoms with Crippen molar-refractivity contribution >= 4 is 34.9 Å². The second-order valence-corrected chi connectivity index (χ2v) is 8.88. The van der Waals surface area contributed by atoms with Crippen LogP contribution in [0.1, 0.15) is 50.5 Å². The number of rotatable bonds is 5. The fourth-order valence-corrected chi connectivity index (χ4v) is 4.38. The molecule has 0 aromatic carbocycles. The van der Waals surface area contributed by atoms with Crippen molar-refractivity contribution in [1.29, 1.82) is 0 Å². The van der Waals surface area contributed by atoms with E-state index < -0.39 is 0 Å². The molecule has 8 heteroatoms. The maximum Gasteiger partial charge on any atom is 0.232 e. The van der Waals surface area contributed by atoms with Gasteiger partial charge in [0.2, 0.25) is 5.95 Å². The van der Waals surface area contributed by atoms with Crippen molar-refractivity contribution in [2.24, 2.45) is 5.92 Å². The van der Waals surface area contributed by atoms with Gasteiger partial charge in [0.05, 0.1) is 6.54 Å². The molecule has 4 heterocycles. The number of anilines is 3. The zero-order valence-corrected chi connectivity index (χ0v) is 18.8. The molecular weight excluding hydrogens is 396 g/mol. The van der Waals surface area contributed by atoms with Crippen molar-refractivity contribution in [1.82, 2.24) is 15.3 Å². The number of hydrogen-bond donors (Lipinski definition) is 2. The molecule has 2 fully saturated rings. The summed E-state index contributed by atoms with van der Waals surface area (Å²) in [7, 11) is 0. The standard InChI is InChI=1S/C22H32N6OS/c1-16-7-6-12-28(15-16)20-13-19(27-10-4-3-5-11-27)24-21(25-20)26-22(30)23-14-18-9-8-17(2)29-18/h8-9,13,16H,3-7,10-12,14-15H2,1-2H3,(H2,23,24,25,26,30)/t16-/m0/s1. The van der Waals surface area contributed by atoms with Crippen molar-refractivity contribution < 1.29 is 4.42 Å². The Hall–Kier alpha value is -2.35. The summed E-state index contributed by atoms with van der Waals surface area (Å²) >= 11 is 5.49. The van der Waals surface area contributed by atoms with E-state index in [1.54, 1.807) is 0 Å². The van der Waals surface area contributed by atoms with Crippen LogP contribution < -0.4 is 20.4 Å². The Kier molecular flexibility index (Phi) is 6.72. The predicted molar refractivity (Wildman–Crippen MR) is 125 cm³/mol. The highest BCUT2D eigenvalue weighted by Crippen LogP contribution is 2.27. The minimum absolute atomic E-state index is 0.498. The van der Waals surface area contributed by atoms with E-state index in [-0.39, 0.29) is 0 Å². The molecule has 162 valence electrons. The fraction of sp³-hybridized carbons (Fsp3) is 0.591. The maximum absolute atomic E-state index is 5.60. The molecule has 2 N–H and O–H groups in total. The largest absolute Gasteiger partial charge is 0.465 e. The first kappa shape index (κ1) is 20.9. The summed E-state index contributed by atoms with van der Waals surface area (Å²) in [5.41, 5.74) is 0. The molecule has 4 rings (SSSR count). The monoisotopic (exact) mass is 428 g/mol. The number of nitrogens with zero attached hydrogens (tertiary/aromatic N) is 4. The van der Waals surface area contributed by atoms with Gasteiger partial charge in [0.1, 0.15) is 23.2 Å². The first-order chi connectivity index (χ1) is 14.6. The third-order valence-electron chi connectivity index (χ3n) is 5.80. The summed E-state index contributed by atoms with van der Waals surface area (Å²) in [6, 6.07) is 6.05. The van der Waals surface area contributed by atoms with Crippen molar-refractivity contribution in [2.45, 2.75) is 52.5 Å². The summed E-state index contributed by atoms with van der Waals surface area (Å²) in [4.78, 5) is 14.4. The molecule has 2 aliphatic rings. The minimum atomic E-state index is 0.498. The fourth-order valence-electron chi connectivity index (χ4n) is 4.22. The molecule has 0 unspecified atom stereocenters. The van der Waals surface area contributed by atoms with Crippen molar-refractivity contribution in [3.63, 3.8) is 0 Å². The lowest BCUT2D eigenvalue weighted by atomic mass is 10.0. The Morgan fingerprint density at radius 1 is 1.10 bits per heavy atom. The lowest BCUT2D eigenvalue weighted by molar-refractivity contribution is 0.444. The van der Waals surface area contributed by atoms with Crippen molar-refractivity contribution in [3.8, 4) is 0 Å². The minimum Gasteiger partial charge on any atom is -0.465 e. The highest BCUT2D eigenvalue weighted by Gasteiger charge is 2.21. The zero-order valence-electron chi connectivity index (χ0n) is 18.0. The molecule has 7 nitrogen and oxygen atoms in total. The second kappa shape index (κ2) is 9.64. The average Bonchev–Trinajstić information content (AvgIpc) is 3.18. The molecule has 2 aromatic rings. The van der Waals surface area contributed by atoms with Crippen LogP contribution >= 0.6 is 12.2 Å². The van der Waals surface area contributed by atoms with Gasteiger partial charge in [0.15, 0.2) is 5.11 Å². The van der Waals surface area contributed by atoms with Crippen LogP contribution in [-0.2, 0) is 6.54 Å². The van der Waals surface area contributed by atoms with Crippen LogP contribution in [0.3, 0.4) is 0 Å². The number of thiocarbonyl (C=S) groups is 1. The predicted octanol–water partition coefficient (Wildman–Crippen LogP) is 4.09. The van der Waals surface area contributed by atoms with Gasteiger partial charge in [0, 0.05) is 32.2 Å². The third kappa shape index (κ3) is 5.41. The lowest BCUT2D eigenvalue weighted by Gasteiger charge is -2.33. The van der Waals surface area contributed by atoms with Gasteiger partial charge in [-0.15, -0.1) is 0 Å². The van der Waals surface area contributed by atoms with Gasteiger partial charge in [-0.1, -0.05) is 6.92 Å². The van der Waals surface area contributed by atoms with E-state index in [0.717, 1.165) is 49.3 Å². The van der Waals surface area contributed by atoms with E-state index in [1.807, 2.05) is 19.1 Å². The Morgan fingerprint density at radius 3 is 2.53 bits per heavy atom. The maximum atomic E-state index is 5.60. The van der Waals surface area contributed by atoms with E-state index >= 15 is 0 Å². The molecule has 0 amide bonds. The van der Waals surface area contributed by atoms with Crippen LogP contribution in [0.15, 0.2) is 22.6 Å². The molecule has 2 saturated heterocycles. The Bertz CT molecular complexity index is 863. The van der Waals surface area contributed by atoms with E-state index in [9.17, 15) is 0 Å². The van der Waals surface area contributed by atoms with Crippen LogP contribution in [-0.4, -0.2) is 41.3 Å². The second-order valence-electron chi connectivity index (χ2n) is 8.47. The molecule has 0 radical (unpaired) electrons. The molecule has 0 spiro atoms. The van der Waals surface area contributed by atoms with E-state index in [2.05, 4.69) is 33.4 Å². The summed E-state index contributed by atoms with van der Waals surface area (Å²) in [5.74, 6) is 4.96. The molecule has 0 bridgehead atoms. The zero-order chi connectivity index (χ0) is 20.9. The SMILES string of the molecule is Cc1ccc(CNC(=S)Nc2nc(N3CCCCC3)cc(N3CCC[C@H](C)C3)n2)o1. The molecular formula is C22H32N6OS. The van der Waals surface area contributed by atoms with Crippen LogP contribution in [0.4, 0.5) is 17.6 Å². The highest BCUT2D eigenvalue weighted by molar-refractivity contribution is 7.80. The summed E-state index contributed by atoms with van der Waals surface area (Å²) in [6.07, 6.45) is 6.21. The molecule has 0 saturated carbocycles. The van der Waals surface area contributed by atoms with Crippen LogP contribution in [0.25, 0.3) is 0 Å². The van der Waals surface area contributed by atoms with Crippen molar-refractivity contribution in [2.75, 3.05) is 41.3 Å². The molecule has 1 atom stereocenters. The van der Waals surface area contributed by atoms with Crippen LogP contribution in [0.5, 0.6) is 0 Å². The van der Waals surface area contributed by atoms with Gasteiger partial charge in [-0.3, -0.25) is 0 Å². The Morgan fingerprint density at radius 2 is 1.83 bits per heavy atom. The van der Waals surface area contributed by atoms with Gasteiger partial charge in [-0.05, 0) is 69.3 Å². The van der Waals surface area contributed by atoms with Gasteiger partial charge in [0.25, 0.3) is 0 Å². The van der Waals surface area contributed by atoms with Gasteiger partial charge >= 0.3 is 0 Å². The number of hydrogen-bond acceptors (Lipinski definition) is 6. The average molecular weight is 429 g/mol. The highest BCUT2D eigenvalue weighted by atomic mass is 32.1. The molecule has 30 heavy (non-hydrogen) atoms. The number of furan rings is 1. The van der Waals surface area contributed by atoms with Gasteiger partial charge in [-0.25, -0.2) is 0 Å². The van der Waals surface area contributed by atoms with Crippen LogP contribution in [0, 0.1) is 12.8 Å². The van der Waals surface area contributed by atoms with E-state index in [0.29, 0.717) is 23.5 Å². The summed E-state index contributed by atoms with van der Waals surface area (Å²) in [5, 5.41) is 6.88. The van der Waals surface area contributed by atoms with Crippen molar-refractivity contribution in [3.05, 3.63) is 29.7 Å². The number of nitrogens with one attached hydrogen (secondary N) is 2. The molecule has 2 aliphatic heterocycles. The lowest BCUT2D eigenvalue weighted by Crippen LogP contribution is -2.36. The Labute approximate surface area is 184 Å². The van der Waals surface area contributed by atoms with Crippen LogP contribution in [0.2, 0.25) is 0 Å². The number of aryl methyl sites for hydroxylation is 1. The summed E-state index contributed by atoms with van der Waals surface area (Å²) in [6.45, 7) is 8.95. The number of piperidine rings is 2. The first-order valence-electron chi connectivity index (χ1n) is 11.1. The number of aromatic nitrogens is 2. The molecule has 2 aromatic heterocycles. The van der Waals surface area contributed by atoms with E-state index in [1.165, 1.54) is 32.1 Å². The van der Waals surface area contributed by atoms with Gasteiger partial charge in [-0.2, -0.15) is 9.97 Å². The topological polar surface area (TPSA) is 69.5 Å². The normalized spacial score (nSPS) is 19.6. The Balaban J connectivity index is 1.49. The third-order valence-corrected chi connectivity index (χ3v) is 6.05. The smallest absolute Gasteiger partial charge is 0.232 e.